The molecule has 30 heavy (non-hydrogen) atoms. The highest BCUT2D eigenvalue weighted by molar-refractivity contribution is 7.89. The van der Waals surface area contributed by atoms with Crippen LogP contribution in [0.3, 0.4) is 0 Å². The average Bonchev–Trinajstić information content (AvgIpc) is 2.75. The first-order valence-electron chi connectivity index (χ1n) is 9.02. The molecule has 2 rings (SSSR count). The summed E-state index contributed by atoms with van der Waals surface area (Å²) < 4.78 is 24.6. The molecule has 7 N–H and O–H groups in total. The molecule has 0 aliphatic rings. The molecule has 164 valence electrons. The number of para-hydroxylation sites is 1. The van der Waals surface area contributed by atoms with Gasteiger partial charge in [-0.15, -0.1) is 4.83 Å². The van der Waals surface area contributed by atoms with Gasteiger partial charge in [-0.25, -0.2) is 8.42 Å². The van der Waals surface area contributed by atoms with Crippen LogP contribution in [0.1, 0.15) is 15.9 Å². The number of hydrogen-bond donors (Lipinski definition) is 7. The molecular formula is C19H25N3O7S. The molecule has 2 aromatic carbocycles. The number of amides is 1. The number of carbonyl (C=O) groups excluding carboxylic acids is 1. The van der Waals surface area contributed by atoms with Gasteiger partial charge in [0.2, 0.25) is 0 Å². The van der Waals surface area contributed by atoms with Gasteiger partial charge in [0.05, 0.1) is 23.2 Å². The maximum atomic E-state index is 12.5. The van der Waals surface area contributed by atoms with E-state index in [1.165, 1.54) is 24.3 Å². The molecule has 11 heteroatoms. The Hall–Kier alpha value is -2.54. The Bertz CT molecular complexity index is 951. The maximum absolute atomic E-state index is 12.5. The summed E-state index contributed by atoms with van der Waals surface area (Å²) in [5.74, 6) is -0.751. The second-order valence-electron chi connectivity index (χ2n) is 6.61. The lowest BCUT2D eigenvalue weighted by Gasteiger charge is -2.22. The van der Waals surface area contributed by atoms with Gasteiger partial charge in [-0.2, -0.15) is 0 Å². The Morgan fingerprint density at radius 1 is 1.00 bits per heavy atom. The van der Waals surface area contributed by atoms with Crippen LogP contribution in [0.4, 0.5) is 5.69 Å². The predicted octanol–water partition coefficient (Wildman–Crippen LogP) is -0.895. The largest absolute Gasteiger partial charge is 0.394 e. The smallest absolute Gasteiger partial charge is 0.268 e. The second-order valence-corrected chi connectivity index (χ2v) is 8.29. The first-order valence-corrected chi connectivity index (χ1v) is 10.5. The van der Waals surface area contributed by atoms with Crippen LogP contribution in [0, 0.1) is 6.92 Å². The molecule has 0 saturated heterocycles. The van der Waals surface area contributed by atoms with Crippen molar-refractivity contribution in [3.05, 3.63) is 59.7 Å². The molecule has 3 atom stereocenters. The molecule has 0 aliphatic heterocycles. The normalized spacial score (nSPS) is 14.6. The zero-order valence-corrected chi connectivity index (χ0v) is 17.0. The summed E-state index contributed by atoms with van der Waals surface area (Å²) in [6.45, 7) is 0.853. The molecular weight excluding hydrogens is 414 g/mol. The van der Waals surface area contributed by atoms with E-state index >= 15 is 0 Å². The lowest BCUT2D eigenvalue weighted by atomic mass is 10.1. The van der Waals surface area contributed by atoms with Crippen molar-refractivity contribution in [1.82, 2.24) is 10.3 Å². The first-order chi connectivity index (χ1) is 14.2. The van der Waals surface area contributed by atoms with Crippen molar-refractivity contribution in [2.45, 2.75) is 30.1 Å². The first kappa shape index (κ1) is 23.7. The van der Waals surface area contributed by atoms with Gasteiger partial charge < -0.3 is 25.7 Å². The highest BCUT2D eigenvalue weighted by Crippen LogP contribution is 2.16. The molecule has 1 amide bonds. The number of aryl methyl sites for hydroxylation is 1. The zero-order valence-electron chi connectivity index (χ0n) is 16.2. The minimum absolute atomic E-state index is 0.0145. The minimum atomic E-state index is -3.97. The Morgan fingerprint density at radius 2 is 1.63 bits per heavy atom. The fourth-order valence-electron chi connectivity index (χ4n) is 2.49. The van der Waals surface area contributed by atoms with Crippen molar-refractivity contribution < 1.29 is 33.6 Å². The van der Waals surface area contributed by atoms with E-state index in [2.05, 4.69) is 10.7 Å². The number of aliphatic hydroxyl groups is 4. The summed E-state index contributed by atoms with van der Waals surface area (Å²) in [7, 11) is -3.97. The van der Waals surface area contributed by atoms with Crippen LogP contribution < -0.4 is 15.6 Å². The van der Waals surface area contributed by atoms with Crippen molar-refractivity contribution in [2.75, 3.05) is 18.5 Å². The molecule has 0 saturated carbocycles. The van der Waals surface area contributed by atoms with Gasteiger partial charge in [0, 0.05) is 12.2 Å². The molecule has 0 bridgehead atoms. The number of sulfonamides is 1. The average molecular weight is 439 g/mol. The van der Waals surface area contributed by atoms with Gasteiger partial charge in [-0.1, -0.05) is 29.8 Å². The SMILES string of the molecule is Cc1ccc(S(=O)(=O)NNC(=O)c2ccccc2NCC(O)C(O)C(O)CO)cc1. The van der Waals surface area contributed by atoms with E-state index in [4.69, 9.17) is 5.11 Å². The standard InChI is InChI=1S/C19H25N3O7S/c1-12-6-8-13(9-7-12)30(28,29)22-21-19(27)14-4-2-3-5-15(14)20-10-16(24)18(26)17(25)11-23/h2-9,16-18,20,22-26H,10-11H2,1H3,(H,21,27). The van der Waals surface area contributed by atoms with E-state index in [1.807, 2.05) is 11.8 Å². The van der Waals surface area contributed by atoms with Crippen molar-refractivity contribution in [1.29, 1.82) is 0 Å². The molecule has 0 aromatic heterocycles. The van der Waals surface area contributed by atoms with E-state index in [1.54, 1.807) is 24.3 Å². The fraction of sp³-hybridized carbons (Fsp3) is 0.316. The molecule has 10 nitrogen and oxygen atoms in total. The number of hydrogen-bond acceptors (Lipinski definition) is 8. The molecule has 0 heterocycles. The minimum Gasteiger partial charge on any atom is -0.394 e. The Kier molecular flexibility index (Phi) is 8.29. The molecule has 3 unspecified atom stereocenters. The van der Waals surface area contributed by atoms with Crippen LogP contribution in [-0.2, 0) is 10.0 Å². The molecule has 2 aromatic rings. The van der Waals surface area contributed by atoms with Gasteiger partial charge in [0.25, 0.3) is 15.9 Å². The van der Waals surface area contributed by atoms with Gasteiger partial charge in [0.1, 0.15) is 12.2 Å². The monoisotopic (exact) mass is 439 g/mol. The Labute approximate surface area is 174 Å². The Balaban J connectivity index is 2.04. The van der Waals surface area contributed by atoms with Crippen molar-refractivity contribution in [2.24, 2.45) is 0 Å². The van der Waals surface area contributed by atoms with E-state index in [0.717, 1.165) is 5.56 Å². The van der Waals surface area contributed by atoms with Crippen molar-refractivity contribution >= 4 is 21.6 Å². The van der Waals surface area contributed by atoms with Gasteiger partial charge in [0.15, 0.2) is 0 Å². The zero-order chi connectivity index (χ0) is 22.3. The molecule has 0 fully saturated rings. The van der Waals surface area contributed by atoms with E-state index in [9.17, 15) is 28.5 Å². The summed E-state index contributed by atoms with van der Waals surface area (Å²) in [5.41, 5.74) is 3.35. The van der Waals surface area contributed by atoms with Crippen molar-refractivity contribution in [3.8, 4) is 0 Å². The topological polar surface area (TPSA) is 168 Å². The molecule has 0 spiro atoms. The summed E-state index contributed by atoms with van der Waals surface area (Å²) in [6, 6.07) is 12.2. The number of anilines is 1. The number of benzene rings is 2. The number of carbonyl (C=O) groups is 1. The third-order valence-corrected chi connectivity index (χ3v) is 5.54. The van der Waals surface area contributed by atoms with Crippen LogP contribution in [0.5, 0.6) is 0 Å². The summed E-state index contributed by atoms with van der Waals surface area (Å²) in [4.78, 5) is 14.5. The quantitative estimate of drug-likeness (QED) is 0.234. The van der Waals surface area contributed by atoms with E-state index < -0.39 is 40.8 Å². The molecule has 0 radical (unpaired) electrons. The van der Waals surface area contributed by atoms with Crippen LogP contribution in [0.15, 0.2) is 53.4 Å². The third-order valence-electron chi connectivity index (χ3n) is 4.28. The molecule has 0 aliphatic carbocycles. The maximum Gasteiger partial charge on any atom is 0.268 e. The Morgan fingerprint density at radius 3 is 2.27 bits per heavy atom. The number of aliphatic hydroxyl groups excluding tert-OH is 4. The lowest BCUT2D eigenvalue weighted by Crippen LogP contribution is -2.43. The van der Waals surface area contributed by atoms with E-state index in [0.29, 0.717) is 0 Å². The number of hydrazine groups is 1. The summed E-state index contributed by atoms with van der Waals surface area (Å²) >= 11 is 0. The van der Waals surface area contributed by atoms with Crippen LogP contribution in [0.2, 0.25) is 0 Å². The van der Waals surface area contributed by atoms with Crippen molar-refractivity contribution in [3.63, 3.8) is 0 Å². The van der Waals surface area contributed by atoms with Gasteiger partial charge in [-0.05, 0) is 31.2 Å². The van der Waals surface area contributed by atoms with Gasteiger partial charge >= 0.3 is 0 Å². The highest BCUT2D eigenvalue weighted by Gasteiger charge is 2.24. The number of nitrogens with one attached hydrogen (secondary N) is 3. The second kappa shape index (κ2) is 10.5. The van der Waals surface area contributed by atoms with Gasteiger partial charge in [-0.3, -0.25) is 10.2 Å². The van der Waals surface area contributed by atoms with Crippen LogP contribution >= 0.6 is 0 Å². The highest BCUT2D eigenvalue weighted by atomic mass is 32.2. The van der Waals surface area contributed by atoms with Crippen LogP contribution in [0.25, 0.3) is 0 Å². The fourth-order valence-corrected chi connectivity index (χ4v) is 3.33. The number of rotatable bonds is 10. The van der Waals surface area contributed by atoms with Crippen LogP contribution in [-0.4, -0.2) is 66.2 Å². The lowest BCUT2D eigenvalue weighted by molar-refractivity contribution is -0.0715. The van der Waals surface area contributed by atoms with E-state index in [-0.39, 0.29) is 22.7 Å². The third kappa shape index (κ3) is 6.23. The predicted molar refractivity (Wildman–Crippen MR) is 109 cm³/mol. The summed E-state index contributed by atoms with van der Waals surface area (Å²) in [6.07, 6.45) is -4.54. The summed E-state index contributed by atoms with van der Waals surface area (Å²) in [5, 5.41) is 40.5.